The minimum atomic E-state index is -0.506. The Kier molecular flexibility index (Phi) is 6.41. The van der Waals surface area contributed by atoms with Gasteiger partial charge in [-0.15, -0.1) is 11.3 Å². The number of ketones is 1. The lowest BCUT2D eigenvalue weighted by atomic mass is 9.72. The maximum absolute atomic E-state index is 13.5. The topological polar surface area (TPSA) is 64.6 Å². The molecule has 1 fully saturated rings. The third kappa shape index (κ3) is 4.52. The van der Waals surface area contributed by atoms with E-state index in [1.165, 1.54) is 4.88 Å². The number of Topliss-reactive ketones (excluding diaryl/α,β-unsaturated/α-hetero) is 1. The van der Waals surface area contributed by atoms with Crippen LogP contribution in [0, 0.1) is 0 Å². The van der Waals surface area contributed by atoms with E-state index in [1.54, 1.807) is 17.4 Å². The molecule has 1 aromatic heterocycles. The molecule has 0 amide bonds. The van der Waals surface area contributed by atoms with Crippen molar-refractivity contribution in [2.24, 2.45) is 0 Å². The fourth-order valence-corrected chi connectivity index (χ4v) is 6.11. The van der Waals surface area contributed by atoms with Gasteiger partial charge < -0.3 is 14.8 Å². The van der Waals surface area contributed by atoms with Gasteiger partial charge in [0.15, 0.2) is 5.78 Å². The molecule has 1 aromatic carbocycles. The molecule has 1 N–H and O–H groups in total. The lowest BCUT2D eigenvalue weighted by molar-refractivity contribution is -0.142. The van der Waals surface area contributed by atoms with Gasteiger partial charge in [-0.1, -0.05) is 29.8 Å². The molecule has 3 atom stereocenters. The van der Waals surface area contributed by atoms with Gasteiger partial charge in [-0.05, 0) is 55.3 Å². The Labute approximate surface area is 202 Å². The first-order valence-electron chi connectivity index (χ1n) is 11.3. The summed E-state index contributed by atoms with van der Waals surface area (Å²) in [5.41, 5.74) is 3.55. The van der Waals surface area contributed by atoms with E-state index in [0.717, 1.165) is 36.2 Å². The van der Waals surface area contributed by atoms with Crippen molar-refractivity contribution < 1.29 is 19.1 Å². The third-order valence-corrected chi connectivity index (χ3v) is 7.87. The SMILES string of the molecule is CC1=C(C(=O)OC[C@@H]2CCCO2)[C@@H](c2cccc(Cl)c2)C2=C(C[C@H](c3cccs3)CC2=O)N1. The van der Waals surface area contributed by atoms with E-state index in [1.807, 2.05) is 36.6 Å². The summed E-state index contributed by atoms with van der Waals surface area (Å²) in [6, 6.07) is 11.5. The lowest BCUT2D eigenvalue weighted by Gasteiger charge is -2.36. The predicted octanol–water partition coefficient (Wildman–Crippen LogP) is 5.49. The maximum atomic E-state index is 13.5. The molecular formula is C26H26ClNO4S. The minimum absolute atomic E-state index is 0.0593. The zero-order valence-corrected chi connectivity index (χ0v) is 20.0. The monoisotopic (exact) mass is 483 g/mol. The van der Waals surface area contributed by atoms with E-state index >= 15 is 0 Å². The molecule has 0 saturated carbocycles. The molecular weight excluding hydrogens is 458 g/mol. The standard InChI is InChI=1S/C26H26ClNO4S/c1-15-23(26(30)32-14-19-7-3-9-31-19)24(16-5-2-6-18(27)11-16)25-20(28-15)12-17(13-21(25)29)22-8-4-10-33-22/h2,4-6,8,10-11,17,19,24,28H,3,7,9,12-14H2,1H3/t17-,19-,24+/m0/s1. The summed E-state index contributed by atoms with van der Waals surface area (Å²) in [5.74, 6) is -0.720. The van der Waals surface area contributed by atoms with E-state index in [-0.39, 0.29) is 24.4 Å². The summed E-state index contributed by atoms with van der Waals surface area (Å²) < 4.78 is 11.3. The summed E-state index contributed by atoms with van der Waals surface area (Å²) in [4.78, 5) is 28.1. The summed E-state index contributed by atoms with van der Waals surface area (Å²) in [6.45, 7) is 2.80. The lowest BCUT2D eigenvalue weighted by Crippen LogP contribution is -2.36. The molecule has 1 aliphatic carbocycles. The number of esters is 1. The first-order valence-corrected chi connectivity index (χ1v) is 12.6. The molecule has 3 aliphatic rings. The van der Waals surface area contributed by atoms with Gasteiger partial charge in [-0.3, -0.25) is 4.79 Å². The molecule has 2 aromatic rings. The summed E-state index contributed by atoms with van der Waals surface area (Å²) in [5, 5.41) is 6.00. The van der Waals surface area contributed by atoms with Crippen LogP contribution >= 0.6 is 22.9 Å². The number of hydrogen-bond acceptors (Lipinski definition) is 6. The van der Waals surface area contributed by atoms with Crippen LogP contribution in [0.5, 0.6) is 0 Å². The van der Waals surface area contributed by atoms with Crippen molar-refractivity contribution in [3.05, 3.63) is 79.8 Å². The first-order chi connectivity index (χ1) is 16.0. The first kappa shape index (κ1) is 22.4. The van der Waals surface area contributed by atoms with Gasteiger partial charge in [-0.25, -0.2) is 4.79 Å². The molecule has 5 nitrogen and oxygen atoms in total. The average Bonchev–Trinajstić information content (AvgIpc) is 3.50. The summed E-state index contributed by atoms with van der Waals surface area (Å²) in [6.07, 6.45) is 2.96. The Morgan fingerprint density at radius 1 is 1.27 bits per heavy atom. The predicted molar refractivity (Wildman–Crippen MR) is 128 cm³/mol. The number of thiophene rings is 1. The Balaban J connectivity index is 1.50. The normalized spacial score (nSPS) is 25.2. The Hall–Kier alpha value is -2.41. The largest absolute Gasteiger partial charge is 0.459 e. The van der Waals surface area contributed by atoms with Crippen LogP contribution in [0.3, 0.4) is 0 Å². The Morgan fingerprint density at radius 3 is 2.88 bits per heavy atom. The number of carbonyl (C=O) groups excluding carboxylic acids is 2. The van der Waals surface area contributed by atoms with E-state index in [9.17, 15) is 9.59 Å². The zero-order valence-electron chi connectivity index (χ0n) is 18.4. The maximum Gasteiger partial charge on any atom is 0.336 e. The van der Waals surface area contributed by atoms with E-state index in [2.05, 4.69) is 11.4 Å². The molecule has 0 unspecified atom stereocenters. The molecule has 33 heavy (non-hydrogen) atoms. The number of dihydropyridines is 1. The third-order valence-electron chi connectivity index (χ3n) is 6.60. The molecule has 5 rings (SSSR count). The highest BCUT2D eigenvalue weighted by Crippen LogP contribution is 2.46. The van der Waals surface area contributed by atoms with Gasteiger partial charge in [0, 0.05) is 51.7 Å². The second kappa shape index (κ2) is 9.45. The highest BCUT2D eigenvalue weighted by molar-refractivity contribution is 7.10. The van der Waals surface area contributed by atoms with Crippen LogP contribution in [0.25, 0.3) is 0 Å². The second-order valence-electron chi connectivity index (χ2n) is 8.82. The number of benzene rings is 1. The number of hydrogen-bond donors (Lipinski definition) is 1. The van der Waals surface area contributed by atoms with Crippen molar-refractivity contribution in [3.63, 3.8) is 0 Å². The molecule has 0 spiro atoms. The minimum Gasteiger partial charge on any atom is -0.459 e. The average molecular weight is 484 g/mol. The van der Waals surface area contributed by atoms with Gasteiger partial charge in [-0.2, -0.15) is 0 Å². The van der Waals surface area contributed by atoms with Gasteiger partial charge >= 0.3 is 5.97 Å². The quantitative estimate of drug-likeness (QED) is 0.570. The fourth-order valence-electron chi connectivity index (χ4n) is 5.08. The number of halogens is 1. The number of allylic oxidation sites excluding steroid dienone is 3. The van der Waals surface area contributed by atoms with Crippen molar-refractivity contribution in [1.29, 1.82) is 0 Å². The van der Waals surface area contributed by atoms with Crippen molar-refractivity contribution in [1.82, 2.24) is 5.32 Å². The summed E-state index contributed by atoms with van der Waals surface area (Å²) in [7, 11) is 0. The molecule has 0 bridgehead atoms. The van der Waals surface area contributed by atoms with Crippen molar-refractivity contribution in [3.8, 4) is 0 Å². The van der Waals surface area contributed by atoms with E-state index < -0.39 is 11.9 Å². The van der Waals surface area contributed by atoms with E-state index in [0.29, 0.717) is 29.2 Å². The number of ether oxygens (including phenoxy) is 2. The molecule has 7 heteroatoms. The summed E-state index contributed by atoms with van der Waals surface area (Å²) >= 11 is 7.99. The second-order valence-corrected chi connectivity index (χ2v) is 10.2. The molecule has 3 heterocycles. The zero-order chi connectivity index (χ0) is 22.9. The molecule has 1 saturated heterocycles. The highest BCUT2D eigenvalue weighted by atomic mass is 35.5. The Bertz CT molecular complexity index is 1130. The van der Waals surface area contributed by atoms with Crippen LogP contribution in [0.1, 0.15) is 54.9 Å². The van der Waals surface area contributed by atoms with Crippen LogP contribution in [0.2, 0.25) is 5.02 Å². The molecule has 2 aliphatic heterocycles. The number of nitrogens with one attached hydrogen (secondary N) is 1. The smallest absolute Gasteiger partial charge is 0.336 e. The fraction of sp³-hybridized carbons (Fsp3) is 0.385. The van der Waals surface area contributed by atoms with Crippen molar-refractivity contribution in [2.45, 2.75) is 50.5 Å². The van der Waals surface area contributed by atoms with Crippen LogP contribution < -0.4 is 5.32 Å². The Morgan fingerprint density at radius 2 is 2.15 bits per heavy atom. The van der Waals surface area contributed by atoms with Crippen LogP contribution in [0.15, 0.2) is 64.3 Å². The van der Waals surface area contributed by atoms with Crippen LogP contribution in [-0.4, -0.2) is 31.1 Å². The number of carbonyl (C=O) groups is 2. The molecule has 0 radical (unpaired) electrons. The van der Waals surface area contributed by atoms with Gasteiger partial charge in [0.1, 0.15) is 6.61 Å². The van der Waals surface area contributed by atoms with Crippen molar-refractivity contribution in [2.75, 3.05) is 13.2 Å². The van der Waals surface area contributed by atoms with E-state index in [4.69, 9.17) is 21.1 Å². The van der Waals surface area contributed by atoms with Gasteiger partial charge in [0.2, 0.25) is 0 Å². The highest BCUT2D eigenvalue weighted by Gasteiger charge is 2.41. The molecule has 172 valence electrons. The van der Waals surface area contributed by atoms with Gasteiger partial charge in [0.25, 0.3) is 0 Å². The van der Waals surface area contributed by atoms with Gasteiger partial charge in [0.05, 0.1) is 11.7 Å². The van der Waals surface area contributed by atoms with Crippen LogP contribution in [0.4, 0.5) is 0 Å². The van der Waals surface area contributed by atoms with Crippen LogP contribution in [-0.2, 0) is 19.1 Å². The van der Waals surface area contributed by atoms with Crippen molar-refractivity contribution >= 4 is 34.7 Å². The number of rotatable bonds is 5.